The number of carbonyl (C=O) groups excluding carboxylic acids is 3. The minimum atomic E-state index is -1.56. The van der Waals surface area contributed by atoms with Gasteiger partial charge in [-0.15, -0.1) is 0 Å². The van der Waals surface area contributed by atoms with Crippen LogP contribution in [0.15, 0.2) is 30.4 Å². The SMILES string of the molecule is CC(C)C[C@H](NC(=O)[C@H](O)[C@@H]1C=CC(=O)O1)[C@H]1Cc2cccc(O)c2C(=O)O1. The van der Waals surface area contributed by atoms with E-state index < -0.39 is 42.2 Å². The van der Waals surface area contributed by atoms with Gasteiger partial charge in [-0.3, -0.25) is 4.79 Å². The number of phenols is 1. The zero-order chi connectivity index (χ0) is 20.4. The number of aliphatic hydroxyl groups excluding tert-OH is 1. The first-order chi connectivity index (χ1) is 13.3. The van der Waals surface area contributed by atoms with Crippen LogP contribution in [0.2, 0.25) is 0 Å². The van der Waals surface area contributed by atoms with Crippen molar-refractivity contribution >= 4 is 17.8 Å². The van der Waals surface area contributed by atoms with Crippen molar-refractivity contribution in [3.8, 4) is 5.75 Å². The van der Waals surface area contributed by atoms with Gasteiger partial charge in [0.25, 0.3) is 5.91 Å². The first kappa shape index (κ1) is 19.9. The summed E-state index contributed by atoms with van der Waals surface area (Å²) in [4.78, 5) is 36.0. The summed E-state index contributed by atoms with van der Waals surface area (Å²) in [7, 11) is 0. The third-order valence-corrected chi connectivity index (χ3v) is 4.77. The van der Waals surface area contributed by atoms with E-state index in [9.17, 15) is 24.6 Å². The van der Waals surface area contributed by atoms with Gasteiger partial charge in [0.15, 0.2) is 12.2 Å². The third kappa shape index (κ3) is 4.17. The molecule has 1 aromatic rings. The highest BCUT2D eigenvalue weighted by atomic mass is 16.6. The molecule has 3 rings (SSSR count). The normalized spacial score (nSPS) is 23.0. The number of esters is 2. The van der Waals surface area contributed by atoms with Crippen molar-refractivity contribution in [1.82, 2.24) is 5.32 Å². The van der Waals surface area contributed by atoms with E-state index >= 15 is 0 Å². The third-order valence-electron chi connectivity index (χ3n) is 4.77. The number of amides is 1. The number of hydrogen-bond acceptors (Lipinski definition) is 7. The Kier molecular flexibility index (Phi) is 5.69. The van der Waals surface area contributed by atoms with Crippen LogP contribution >= 0.6 is 0 Å². The minimum Gasteiger partial charge on any atom is -0.507 e. The standard InChI is InChI=1S/C20H23NO7/c1-10(2)8-12(21-19(25)18(24)14-6-7-16(23)27-14)15-9-11-4-3-5-13(22)17(11)20(26)28-15/h3-7,10,12,14-15,18,22,24H,8-9H2,1-2H3,(H,21,25)/t12-,14-,15+,18+/m0/s1. The zero-order valence-corrected chi connectivity index (χ0v) is 15.6. The fourth-order valence-corrected chi connectivity index (χ4v) is 3.46. The molecule has 2 aliphatic rings. The minimum absolute atomic E-state index is 0.136. The highest BCUT2D eigenvalue weighted by Gasteiger charge is 2.37. The average Bonchev–Trinajstić information content (AvgIpc) is 3.06. The van der Waals surface area contributed by atoms with Crippen LogP contribution in [0, 0.1) is 5.92 Å². The second-order valence-corrected chi connectivity index (χ2v) is 7.41. The Morgan fingerprint density at radius 3 is 2.68 bits per heavy atom. The van der Waals surface area contributed by atoms with Gasteiger partial charge >= 0.3 is 11.9 Å². The number of carbonyl (C=O) groups is 3. The van der Waals surface area contributed by atoms with Gasteiger partial charge in [-0.2, -0.15) is 0 Å². The quantitative estimate of drug-likeness (QED) is 0.617. The van der Waals surface area contributed by atoms with Gasteiger partial charge < -0.3 is 25.0 Å². The molecule has 8 nitrogen and oxygen atoms in total. The molecule has 0 radical (unpaired) electrons. The number of fused-ring (bicyclic) bond motifs is 1. The van der Waals surface area contributed by atoms with Crippen molar-refractivity contribution in [2.75, 3.05) is 0 Å². The molecule has 0 saturated carbocycles. The lowest BCUT2D eigenvalue weighted by Gasteiger charge is -2.33. The van der Waals surface area contributed by atoms with Gasteiger partial charge in [0.2, 0.25) is 0 Å². The number of nitrogens with one attached hydrogen (secondary N) is 1. The van der Waals surface area contributed by atoms with Gasteiger partial charge in [0.1, 0.15) is 17.4 Å². The van der Waals surface area contributed by atoms with E-state index in [1.54, 1.807) is 12.1 Å². The van der Waals surface area contributed by atoms with Crippen LogP contribution in [0.25, 0.3) is 0 Å². The van der Waals surface area contributed by atoms with E-state index in [0.717, 1.165) is 6.08 Å². The molecule has 1 amide bonds. The second kappa shape index (κ2) is 8.02. The Balaban J connectivity index is 1.75. The van der Waals surface area contributed by atoms with Crippen LogP contribution in [0.3, 0.4) is 0 Å². The van der Waals surface area contributed by atoms with Gasteiger partial charge in [-0.25, -0.2) is 9.59 Å². The summed E-state index contributed by atoms with van der Waals surface area (Å²) in [6.07, 6.45) is 0.0450. The molecular formula is C20H23NO7. The number of cyclic esters (lactones) is 2. The Bertz CT molecular complexity index is 817. The maximum Gasteiger partial charge on any atom is 0.342 e. The number of aromatic hydroxyl groups is 1. The molecule has 150 valence electrons. The first-order valence-corrected chi connectivity index (χ1v) is 9.15. The summed E-state index contributed by atoms with van der Waals surface area (Å²) in [5.74, 6) is -1.95. The molecule has 28 heavy (non-hydrogen) atoms. The summed E-state index contributed by atoms with van der Waals surface area (Å²) < 4.78 is 10.3. The predicted octanol–water partition coefficient (Wildman–Crippen LogP) is 0.847. The molecule has 2 aliphatic heterocycles. The van der Waals surface area contributed by atoms with Crippen molar-refractivity contribution < 1.29 is 34.1 Å². The Labute approximate surface area is 162 Å². The van der Waals surface area contributed by atoms with E-state index in [-0.39, 0.29) is 17.2 Å². The molecule has 0 saturated heterocycles. The van der Waals surface area contributed by atoms with Crippen LogP contribution in [-0.4, -0.2) is 52.4 Å². The summed E-state index contributed by atoms with van der Waals surface area (Å²) in [5.41, 5.74) is 0.772. The van der Waals surface area contributed by atoms with Crippen LogP contribution in [0.4, 0.5) is 0 Å². The van der Waals surface area contributed by atoms with Crippen molar-refractivity contribution in [3.63, 3.8) is 0 Å². The van der Waals surface area contributed by atoms with Crippen LogP contribution < -0.4 is 5.32 Å². The average molecular weight is 389 g/mol. The molecule has 0 bridgehead atoms. The molecular weight excluding hydrogens is 366 g/mol. The number of phenolic OH excluding ortho intramolecular Hbond substituents is 1. The van der Waals surface area contributed by atoms with E-state index in [1.165, 1.54) is 12.1 Å². The molecule has 0 aromatic heterocycles. The number of aliphatic hydroxyl groups is 1. The van der Waals surface area contributed by atoms with Crippen molar-refractivity contribution in [1.29, 1.82) is 0 Å². The maximum atomic E-state index is 12.5. The summed E-state index contributed by atoms with van der Waals surface area (Å²) >= 11 is 0. The molecule has 2 heterocycles. The second-order valence-electron chi connectivity index (χ2n) is 7.41. The molecule has 8 heteroatoms. The zero-order valence-electron chi connectivity index (χ0n) is 15.6. The van der Waals surface area contributed by atoms with E-state index in [0.29, 0.717) is 18.4 Å². The fraction of sp³-hybridized carbons (Fsp3) is 0.450. The predicted molar refractivity (Wildman–Crippen MR) is 97.4 cm³/mol. The lowest BCUT2D eigenvalue weighted by atomic mass is 9.90. The van der Waals surface area contributed by atoms with Crippen molar-refractivity contribution in [3.05, 3.63) is 41.5 Å². The first-order valence-electron chi connectivity index (χ1n) is 9.15. The smallest absolute Gasteiger partial charge is 0.342 e. The Morgan fingerprint density at radius 1 is 1.29 bits per heavy atom. The topological polar surface area (TPSA) is 122 Å². The molecule has 0 aliphatic carbocycles. The Hall–Kier alpha value is -2.87. The molecule has 3 N–H and O–H groups in total. The molecule has 4 atom stereocenters. The Morgan fingerprint density at radius 2 is 2.04 bits per heavy atom. The van der Waals surface area contributed by atoms with Crippen LogP contribution in [0.1, 0.15) is 36.2 Å². The van der Waals surface area contributed by atoms with Crippen molar-refractivity contribution in [2.45, 2.75) is 51.0 Å². The highest BCUT2D eigenvalue weighted by molar-refractivity contribution is 5.95. The summed E-state index contributed by atoms with van der Waals surface area (Å²) in [5, 5.41) is 22.8. The van der Waals surface area contributed by atoms with Crippen molar-refractivity contribution in [2.24, 2.45) is 5.92 Å². The highest BCUT2D eigenvalue weighted by Crippen LogP contribution is 2.30. The van der Waals surface area contributed by atoms with Crippen LogP contribution in [0.5, 0.6) is 5.75 Å². The van der Waals surface area contributed by atoms with Gasteiger partial charge in [-0.1, -0.05) is 26.0 Å². The molecule has 0 fully saturated rings. The maximum absolute atomic E-state index is 12.5. The molecule has 0 spiro atoms. The largest absolute Gasteiger partial charge is 0.507 e. The van der Waals surface area contributed by atoms with Gasteiger partial charge in [0, 0.05) is 12.5 Å². The summed E-state index contributed by atoms with van der Waals surface area (Å²) in [6.45, 7) is 3.92. The lowest BCUT2D eigenvalue weighted by Crippen LogP contribution is -2.53. The molecule has 0 unspecified atom stereocenters. The molecule has 1 aromatic carbocycles. The number of rotatable bonds is 6. The van der Waals surface area contributed by atoms with E-state index in [1.807, 2.05) is 13.8 Å². The lowest BCUT2D eigenvalue weighted by molar-refractivity contribution is -0.148. The number of ether oxygens (including phenoxy) is 2. The number of benzene rings is 1. The van der Waals surface area contributed by atoms with Gasteiger partial charge in [-0.05, 0) is 30.0 Å². The van der Waals surface area contributed by atoms with Gasteiger partial charge in [0.05, 0.1) is 6.04 Å². The fourth-order valence-electron chi connectivity index (χ4n) is 3.46. The number of hydrogen-bond donors (Lipinski definition) is 3. The van der Waals surface area contributed by atoms with E-state index in [4.69, 9.17) is 9.47 Å². The van der Waals surface area contributed by atoms with E-state index in [2.05, 4.69) is 5.32 Å². The monoisotopic (exact) mass is 389 g/mol. The summed E-state index contributed by atoms with van der Waals surface area (Å²) in [6, 6.07) is 4.24. The van der Waals surface area contributed by atoms with Crippen LogP contribution in [-0.2, 0) is 25.5 Å².